The van der Waals surface area contributed by atoms with Crippen LogP contribution >= 0.6 is 0 Å². The lowest BCUT2D eigenvalue weighted by Crippen LogP contribution is -2.30. The summed E-state index contributed by atoms with van der Waals surface area (Å²) in [6.45, 7) is 5.22. The summed E-state index contributed by atoms with van der Waals surface area (Å²) in [6, 6.07) is 16.5. The maximum absolute atomic E-state index is 15.9. The third kappa shape index (κ3) is 17.3. The zero-order valence-corrected chi connectivity index (χ0v) is 47.9. The van der Waals surface area contributed by atoms with E-state index in [4.69, 9.17) is 25.7 Å². The van der Waals surface area contributed by atoms with Gasteiger partial charge < -0.3 is 71.0 Å². The van der Waals surface area contributed by atoms with Crippen LogP contribution in [0.25, 0.3) is 10.9 Å². The first-order valence-electron chi connectivity index (χ1n) is 28.1. The van der Waals surface area contributed by atoms with Gasteiger partial charge in [0.05, 0.1) is 79.6 Å². The molecule has 87 heavy (non-hydrogen) atoms. The molecule has 0 bridgehead atoms. The van der Waals surface area contributed by atoms with Crippen LogP contribution in [0.2, 0.25) is 0 Å². The Kier molecular flexibility index (Phi) is 21.3. The molecule has 8 rings (SSSR count). The molecule has 6 aromatic rings. The number of nitrogens with one attached hydrogen (secondary N) is 3. The van der Waals surface area contributed by atoms with Crippen molar-refractivity contribution in [1.29, 1.82) is 0 Å². The minimum Gasteiger partial charge on any atom is -0.489 e. The Morgan fingerprint density at radius 2 is 1.66 bits per heavy atom. The molecule has 2 aromatic heterocycles. The predicted molar refractivity (Wildman–Crippen MR) is 307 cm³/mol. The highest BCUT2D eigenvalue weighted by Crippen LogP contribution is 2.52. The Balaban J connectivity index is 0.728. The summed E-state index contributed by atoms with van der Waals surface area (Å²) in [5.74, 6) is 3.07. The van der Waals surface area contributed by atoms with Crippen molar-refractivity contribution in [2.75, 3.05) is 58.0 Å². The Labute approximate surface area is 497 Å². The van der Waals surface area contributed by atoms with Crippen LogP contribution in [0.4, 0.5) is 36.4 Å². The number of aliphatic hydroxyl groups is 3. The van der Waals surface area contributed by atoms with E-state index in [-0.39, 0.29) is 87.8 Å². The van der Waals surface area contributed by atoms with E-state index in [0.29, 0.717) is 94.5 Å². The van der Waals surface area contributed by atoms with Crippen LogP contribution < -0.4 is 41.6 Å². The van der Waals surface area contributed by atoms with Crippen LogP contribution in [-0.4, -0.2) is 107 Å². The topological polar surface area (TPSA) is 252 Å². The number of aliphatic hydroxyl groups excluding tert-OH is 3. The summed E-state index contributed by atoms with van der Waals surface area (Å²) in [5, 5.41) is 42.8. The van der Waals surface area contributed by atoms with Gasteiger partial charge in [-0.3, -0.25) is 14.3 Å². The molecular weight excluding hydrogens is 1150 g/mol. The number of unbranched alkanes of at least 4 members (excludes halogenated alkanes) is 2. The van der Waals surface area contributed by atoms with Crippen molar-refractivity contribution in [3.05, 3.63) is 159 Å². The molecule has 4 aromatic carbocycles. The average molecular weight is 1220 g/mol. The molecule has 1 fully saturated rings. The first kappa shape index (κ1) is 64.9. The SMILES string of the molecule is CC(C)(COCCCCCOC/C(N)=C/C=C(\N)Cn1cc(C(=O)NCCC#Cc2ccc(OCc3ccc(F)c(C(F)(F)F)c3)c(CNCCO)c2)cn1)c1cc2cc(NC(=O)C3(c4ccc5c(c4)OC(F)(F)O5)CC3)c(F)cc2n1CC(O)CO. The number of rotatable bonds is 30. The summed E-state index contributed by atoms with van der Waals surface area (Å²) < 4.78 is 127. The van der Waals surface area contributed by atoms with E-state index >= 15 is 4.39 Å². The van der Waals surface area contributed by atoms with Gasteiger partial charge in [0.15, 0.2) is 11.5 Å². The number of amides is 2. The molecule has 3 heterocycles. The highest BCUT2D eigenvalue weighted by molar-refractivity contribution is 6.03. The van der Waals surface area contributed by atoms with Crippen molar-refractivity contribution in [2.24, 2.45) is 11.5 Å². The first-order chi connectivity index (χ1) is 41.5. The van der Waals surface area contributed by atoms with Gasteiger partial charge in [-0.2, -0.15) is 18.3 Å². The summed E-state index contributed by atoms with van der Waals surface area (Å²) in [4.78, 5) is 26.6. The summed E-state index contributed by atoms with van der Waals surface area (Å²) >= 11 is 0. The zero-order valence-electron chi connectivity index (χ0n) is 47.9. The van der Waals surface area contributed by atoms with Gasteiger partial charge in [0.25, 0.3) is 5.91 Å². The number of benzene rings is 4. The van der Waals surface area contributed by atoms with Gasteiger partial charge >= 0.3 is 12.5 Å². The third-order valence-corrected chi connectivity index (χ3v) is 14.4. The summed E-state index contributed by atoms with van der Waals surface area (Å²) in [6.07, 6.45) is -0.202. The monoisotopic (exact) mass is 1220 g/mol. The molecule has 2 aliphatic rings. The smallest absolute Gasteiger partial charge is 0.489 e. The van der Waals surface area contributed by atoms with Crippen molar-refractivity contribution in [1.82, 2.24) is 25.0 Å². The van der Waals surface area contributed by atoms with Crippen LogP contribution in [0.3, 0.4) is 0 Å². The second-order valence-electron chi connectivity index (χ2n) is 21.8. The largest absolute Gasteiger partial charge is 0.586 e. The Bertz CT molecular complexity index is 3530. The lowest BCUT2D eigenvalue weighted by molar-refractivity contribution is -0.286. The maximum Gasteiger partial charge on any atom is 0.586 e. The number of carbonyl (C=O) groups is 2. The number of anilines is 1. The molecule has 0 radical (unpaired) electrons. The van der Waals surface area contributed by atoms with E-state index in [1.807, 2.05) is 19.9 Å². The first-order valence-corrected chi connectivity index (χ1v) is 28.1. The molecule has 1 atom stereocenters. The molecule has 2 amide bonds. The van der Waals surface area contributed by atoms with Crippen molar-refractivity contribution >= 4 is 28.4 Å². The van der Waals surface area contributed by atoms with E-state index in [1.54, 1.807) is 41.1 Å². The minimum absolute atomic E-state index is 0.0383. The highest BCUT2D eigenvalue weighted by atomic mass is 19.4. The predicted octanol–water partition coefficient (Wildman–Crippen LogP) is 8.18. The van der Waals surface area contributed by atoms with Gasteiger partial charge in [0, 0.05) is 90.5 Å². The molecule has 1 unspecified atom stereocenters. The number of fused-ring (bicyclic) bond motifs is 2. The van der Waals surface area contributed by atoms with Crippen molar-refractivity contribution in [2.45, 2.75) is 108 Å². The lowest BCUT2D eigenvalue weighted by atomic mass is 9.90. The fourth-order valence-electron chi connectivity index (χ4n) is 9.70. The average Bonchev–Trinajstić information content (AvgIpc) is 2.37. The van der Waals surface area contributed by atoms with Gasteiger partial charge in [-0.05, 0) is 110 Å². The number of alkyl halides is 5. The van der Waals surface area contributed by atoms with Gasteiger partial charge in [-0.15, -0.1) is 8.78 Å². The fourth-order valence-corrected chi connectivity index (χ4v) is 9.70. The molecule has 1 aliphatic carbocycles. The molecule has 18 nitrogen and oxygen atoms in total. The number of halogens is 7. The maximum atomic E-state index is 15.9. The van der Waals surface area contributed by atoms with E-state index < -0.39 is 59.1 Å². The molecule has 0 saturated heterocycles. The number of ether oxygens (including phenoxy) is 5. The number of hydrogen-bond donors (Lipinski definition) is 8. The zero-order chi connectivity index (χ0) is 62.5. The van der Waals surface area contributed by atoms with Crippen LogP contribution in [0.15, 0.2) is 109 Å². The van der Waals surface area contributed by atoms with E-state index in [0.717, 1.165) is 25.3 Å². The summed E-state index contributed by atoms with van der Waals surface area (Å²) in [7, 11) is 0. The second kappa shape index (κ2) is 28.6. The Hall–Kier alpha value is -8.12. The van der Waals surface area contributed by atoms with E-state index in [1.165, 1.54) is 47.3 Å². The fraction of sp³-hybridized carbons (Fsp3) is 0.403. The lowest BCUT2D eigenvalue weighted by Gasteiger charge is -2.27. The molecule has 1 saturated carbocycles. The summed E-state index contributed by atoms with van der Waals surface area (Å²) in [5.41, 5.74) is 13.3. The molecule has 1 aliphatic heterocycles. The van der Waals surface area contributed by atoms with Crippen LogP contribution in [0.5, 0.6) is 17.2 Å². The highest BCUT2D eigenvalue weighted by Gasteiger charge is 2.53. The number of allylic oxidation sites excluding steroid dienone is 3. The number of hydrogen-bond acceptors (Lipinski definition) is 14. The van der Waals surface area contributed by atoms with E-state index in [2.05, 4.69) is 42.4 Å². The normalized spacial score (nSPS) is 14.9. The van der Waals surface area contributed by atoms with Crippen molar-refractivity contribution in [3.63, 3.8) is 0 Å². The van der Waals surface area contributed by atoms with Crippen LogP contribution in [0, 0.1) is 23.5 Å². The van der Waals surface area contributed by atoms with Gasteiger partial charge in [-0.25, -0.2) is 8.78 Å². The number of carbonyl (C=O) groups excluding carboxylic acids is 2. The van der Waals surface area contributed by atoms with Crippen LogP contribution in [0.1, 0.15) is 96.2 Å². The number of aromatic nitrogens is 3. The molecule has 466 valence electrons. The number of nitrogens with two attached hydrogens (primary N) is 2. The third-order valence-electron chi connectivity index (χ3n) is 14.4. The van der Waals surface area contributed by atoms with Crippen LogP contribution in [-0.2, 0) is 57.5 Å². The molecular formula is C62H69F7N8O10. The van der Waals surface area contributed by atoms with E-state index in [9.17, 15) is 51.3 Å². The standard InChI is InChI=1S/C62H69F7N8O10/c1-59(2,56-27-41-26-51(50(64)29-52(41)77(56)34-47(80)35-79)75-58(82)60(17-18-60)44-11-16-54-55(28-44)87-62(68,69)86-54)38-84-23-7-3-6-22-83-37-46(71)13-12-45(70)33-76-32-43(31-74-76)57(81)73-19-5-4-8-39-10-15-53(42(24-39)30-72-20-21-78)85-36-40-9-14-49(63)48(25-40)61(65,66)67/h9-16,24-29,31-32,47,72,78-80H,3,5-7,17-23,30,33-38,70-71H2,1-2H3,(H,73,81)(H,75,82)/b45-12-,46-13-. The quantitative estimate of drug-likeness (QED) is 0.00917. The van der Waals surface area contributed by atoms with Gasteiger partial charge in [0.1, 0.15) is 24.0 Å². The van der Waals surface area contributed by atoms with Crippen molar-refractivity contribution < 1.29 is 79.3 Å². The molecule has 10 N–H and O–H groups in total. The van der Waals surface area contributed by atoms with Gasteiger partial charge in [-0.1, -0.05) is 37.8 Å². The second-order valence-corrected chi connectivity index (χ2v) is 21.8. The molecule has 0 spiro atoms. The number of nitrogens with zero attached hydrogens (tertiary/aromatic N) is 3. The van der Waals surface area contributed by atoms with Crippen molar-refractivity contribution in [3.8, 4) is 29.1 Å². The Morgan fingerprint density at radius 1 is 0.897 bits per heavy atom. The minimum atomic E-state index is -4.86. The molecule has 25 heteroatoms. The Morgan fingerprint density at radius 3 is 2.40 bits per heavy atom. The van der Waals surface area contributed by atoms with Gasteiger partial charge in [0.2, 0.25) is 5.91 Å².